The number of nitrogens with one attached hydrogen (secondary N) is 1. The maximum atomic E-state index is 5.68. The van der Waals surface area contributed by atoms with Crippen molar-refractivity contribution in [2.24, 2.45) is 0 Å². The number of nitrogens with zero attached hydrogens (tertiary/aromatic N) is 5. The summed E-state index contributed by atoms with van der Waals surface area (Å²) in [6, 6.07) is 4.02. The minimum absolute atomic E-state index is 0.742. The number of methoxy groups -OCH3 is 1. The van der Waals surface area contributed by atoms with E-state index in [1.165, 1.54) is 25.7 Å². The number of rotatable bonds is 5. The number of benzene rings is 1. The number of aromatic nitrogens is 3. The quantitative estimate of drug-likeness (QED) is 0.611. The Morgan fingerprint density at radius 1 is 1.10 bits per heavy atom. The van der Waals surface area contributed by atoms with E-state index in [0.29, 0.717) is 0 Å². The zero-order chi connectivity index (χ0) is 21.0. The molecule has 5 rings (SSSR count). The van der Waals surface area contributed by atoms with Crippen molar-refractivity contribution in [2.45, 2.75) is 25.7 Å². The van der Waals surface area contributed by atoms with Gasteiger partial charge in [-0.3, -0.25) is 9.88 Å². The molecule has 0 amide bonds. The van der Waals surface area contributed by atoms with Gasteiger partial charge in [-0.05, 0) is 50.9 Å². The molecular formula is C23H26N6OS. The van der Waals surface area contributed by atoms with Crippen molar-refractivity contribution in [3.63, 3.8) is 0 Å². The summed E-state index contributed by atoms with van der Waals surface area (Å²) in [6.07, 6.45) is 6.70. The van der Waals surface area contributed by atoms with Crippen molar-refractivity contribution in [3.8, 4) is 17.6 Å². The van der Waals surface area contributed by atoms with Crippen LogP contribution in [-0.2, 0) is 0 Å². The smallest absolute Gasteiger partial charge is 0.227 e. The van der Waals surface area contributed by atoms with Crippen LogP contribution in [0.15, 0.2) is 23.8 Å². The molecule has 1 aromatic carbocycles. The van der Waals surface area contributed by atoms with Crippen molar-refractivity contribution in [1.29, 1.82) is 0 Å². The number of hydrogen-bond donors (Lipinski definition) is 1. The van der Waals surface area contributed by atoms with E-state index in [4.69, 9.17) is 14.7 Å². The van der Waals surface area contributed by atoms with E-state index >= 15 is 0 Å². The Labute approximate surface area is 186 Å². The summed E-state index contributed by atoms with van der Waals surface area (Å²) in [6.45, 7) is 5.06. The van der Waals surface area contributed by atoms with Crippen LogP contribution in [0.4, 0.5) is 16.8 Å². The molecule has 2 aliphatic heterocycles. The van der Waals surface area contributed by atoms with E-state index in [0.717, 1.165) is 71.7 Å². The van der Waals surface area contributed by atoms with E-state index in [1.807, 2.05) is 23.8 Å². The van der Waals surface area contributed by atoms with Gasteiger partial charge in [-0.15, -0.1) is 11.3 Å². The van der Waals surface area contributed by atoms with E-state index in [-0.39, 0.29) is 0 Å². The first-order valence-corrected chi connectivity index (χ1v) is 11.7. The van der Waals surface area contributed by atoms with Crippen LogP contribution in [0.3, 0.4) is 0 Å². The summed E-state index contributed by atoms with van der Waals surface area (Å²) in [5.74, 6) is 8.92. The fourth-order valence-electron chi connectivity index (χ4n) is 4.15. The van der Waals surface area contributed by atoms with Gasteiger partial charge in [0.05, 0.1) is 36.4 Å². The molecule has 2 fully saturated rings. The van der Waals surface area contributed by atoms with Gasteiger partial charge in [0.2, 0.25) is 5.95 Å². The van der Waals surface area contributed by atoms with Gasteiger partial charge in [-0.1, -0.05) is 11.8 Å². The molecule has 0 unspecified atom stereocenters. The SMILES string of the molecule is COc1cc2c(Nc3cncs3)nc(N3CCCC3)nc2cc1C#CCN1CCCC1. The van der Waals surface area contributed by atoms with Gasteiger partial charge in [0.15, 0.2) is 0 Å². The topological polar surface area (TPSA) is 66.4 Å². The number of hydrogen-bond acceptors (Lipinski definition) is 8. The molecule has 31 heavy (non-hydrogen) atoms. The van der Waals surface area contributed by atoms with Crippen LogP contribution in [0.25, 0.3) is 10.9 Å². The highest BCUT2D eigenvalue weighted by Gasteiger charge is 2.19. The predicted molar refractivity (Wildman–Crippen MR) is 125 cm³/mol. The largest absolute Gasteiger partial charge is 0.495 e. The van der Waals surface area contributed by atoms with Gasteiger partial charge >= 0.3 is 0 Å². The second-order valence-corrected chi connectivity index (χ2v) is 8.80. The van der Waals surface area contributed by atoms with Gasteiger partial charge in [0.25, 0.3) is 0 Å². The van der Waals surface area contributed by atoms with E-state index in [9.17, 15) is 0 Å². The average Bonchev–Trinajstić information content (AvgIpc) is 3.56. The molecule has 1 N–H and O–H groups in total. The van der Waals surface area contributed by atoms with Gasteiger partial charge in [0.1, 0.15) is 16.6 Å². The number of likely N-dealkylation sites (tertiary alicyclic amines) is 1. The molecule has 0 radical (unpaired) electrons. The summed E-state index contributed by atoms with van der Waals surface area (Å²) in [5, 5.41) is 5.28. The molecule has 0 aliphatic carbocycles. The van der Waals surface area contributed by atoms with Crippen molar-refractivity contribution in [1.82, 2.24) is 19.9 Å². The molecule has 8 heteroatoms. The molecule has 7 nitrogen and oxygen atoms in total. The molecule has 2 aliphatic rings. The third-order valence-electron chi connectivity index (χ3n) is 5.79. The molecule has 0 saturated carbocycles. The molecule has 160 valence electrons. The molecule has 4 heterocycles. The highest BCUT2D eigenvalue weighted by atomic mass is 32.1. The lowest BCUT2D eigenvalue weighted by atomic mass is 10.1. The molecule has 0 bridgehead atoms. The van der Waals surface area contributed by atoms with Gasteiger partial charge in [-0.2, -0.15) is 4.98 Å². The first-order valence-electron chi connectivity index (χ1n) is 10.8. The second-order valence-electron chi connectivity index (χ2n) is 7.91. The molecule has 3 aromatic rings. The van der Waals surface area contributed by atoms with Gasteiger partial charge < -0.3 is 15.0 Å². The first-order chi connectivity index (χ1) is 15.3. The predicted octanol–water partition coefficient (Wildman–Crippen LogP) is 3.89. The lowest BCUT2D eigenvalue weighted by Crippen LogP contribution is -2.21. The molecule has 0 spiro atoms. The second kappa shape index (κ2) is 9.08. The lowest BCUT2D eigenvalue weighted by molar-refractivity contribution is 0.383. The van der Waals surface area contributed by atoms with Gasteiger partial charge in [0, 0.05) is 18.5 Å². The van der Waals surface area contributed by atoms with Crippen LogP contribution in [0.1, 0.15) is 31.2 Å². The van der Waals surface area contributed by atoms with E-state index in [1.54, 1.807) is 18.4 Å². The highest BCUT2D eigenvalue weighted by molar-refractivity contribution is 7.13. The number of fused-ring (bicyclic) bond motifs is 1. The van der Waals surface area contributed by atoms with Crippen LogP contribution in [0, 0.1) is 11.8 Å². The maximum Gasteiger partial charge on any atom is 0.227 e. The van der Waals surface area contributed by atoms with Crippen LogP contribution in [-0.4, -0.2) is 59.7 Å². The summed E-state index contributed by atoms with van der Waals surface area (Å²) in [4.78, 5) is 18.6. The third-order valence-corrected chi connectivity index (χ3v) is 6.48. The molecule has 2 saturated heterocycles. The Bertz CT molecular complexity index is 1110. The van der Waals surface area contributed by atoms with E-state index in [2.05, 4.69) is 31.9 Å². The fraction of sp³-hybridized carbons (Fsp3) is 0.435. The fourth-order valence-corrected chi connectivity index (χ4v) is 4.66. The maximum absolute atomic E-state index is 5.68. The van der Waals surface area contributed by atoms with Crippen LogP contribution in [0.5, 0.6) is 5.75 Å². The zero-order valence-electron chi connectivity index (χ0n) is 17.7. The molecule has 2 aromatic heterocycles. The molecule has 0 atom stereocenters. The summed E-state index contributed by atoms with van der Waals surface area (Å²) in [5.41, 5.74) is 3.54. The highest BCUT2D eigenvalue weighted by Crippen LogP contribution is 2.33. The number of anilines is 3. The zero-order valence-corrected chi connectivity index (χ0v) is 18.5. The standard InChI is InChI=1S/C23H26N6OS/c1-30-20-14-18-19(13-17(20)7-6-10-28-8-2-3-9-28)25-23(29-11-4-5-12-29)27-22(18)26-21-15-24-16-31-21/h13-16H,2-5,8-12H2,1H3,(H,25,26,27). The third kappa shape index (κ3) is 4.43. The van der Waals surface area contributed by atoms with Crippen LogP contribution < -0.4 is 15.0 Å². The molecular weight excluding hydrogens is 408 g/mol. The van der Waals surface area contributed by atoms with Crippen LogP contribution >= 0.6 is 11.3 Å². The Kier molecular flexibility index (Phi) is 5.87. The Morgan fingerprint density at radius 3 is 2.65 bits per heavy atom. The first kappa shape index (κ1) is 20.0. The van der Waals surface area contributed by atoms with E-state index < -0.39 is 0 Å². The lowest BCUT2D eigenvalue weighted by Gasteiger charge is -2.18. The van der Waals surface area contributed by atoms with Crippen molar-refractivity contribution >= 4 is 39.0 Å². The Hall–Kier alpha value is -2.89. The average molecular weight is 435 g/mol. The monoisotopic (exact) mass is 434 g/mol. The summed E-state index contributed by atoms with van der Waals surface area (Å²) in [7, 11) is 1.68. The van der Waals surface area contributed by atoms with Crippen LogP contribution in [0.2, 0.25) is 0 Å². The van der Waals surface area contributed by atoms with Crippen molar-refractivity contribution < 1.29 is 4.74 Å². The number of thiazole rings is 1. The normalized spacial score (nSPS) is 16.5. The minimum atomic E-state index is 0.742. The van der Waals surface area contributed by atoms with Crippen molar-refractivity contribution in [2.75, 3.05) is 50.1 Å². The van der Waals surface area contributed by atoms with Crippen molar-refractivity contribution in [3.05, 3.63) is 29.4 Å². The summed E-state index contributed by atoms with van der Waals surface area (Å²) >= 11 is 1.55. The Balaban J connectivity index is 1.55. The Morgan fingerprint density at radius 2 is 1.90 bits per heavy atom. The summed E-state index contributed by atoms with van der Waals surface area (Å²) < 4.78 is 5.68. The number of ether oxygens (including phenoxy) is 1. The minimum Gasteiger partial charge on any atom is -0.495 e. The van der Waals surface area contributed by atoms with Gasteiger partial charge in [-0.25, -0.2) is 4.98 Å².